The summed E-state index contributed by atoms with van der Waals surface area (Å²) in [4.78, 5) is 10.7. The number of hydrogen-bond acceptors (Lipinski definition) is 3. The van der Waals surface area contributed by atoms with Gasteiger partial charge in [-0.25, -0.2) is 0 Å². The lowest BCUT2D eigenvalue weighted by atomic mass is 10.1. The maximum Gasteiger partial charge on any atom is 0.320 e. The summed E-state index contributed by atoms with van der Waals surface area (Å²) >= 11 is 6.16. The lowest BCUT2D eigenvalue weighted by molar-refractivity contribution is -0.138. The topological polar surface area (TPSA) is 72.5 Å². The normalized spacial score (nSPS) is 17.4. The molecule has 1 fully saturated rings. The summed E-state index contributed by atoms with van der Waals surface area (Å²) in [7, 11) is 0. The Balaban J connectivity index is 2.01. The predicted molar refractivity (Wildman–Crippen MR) is 73.7 cm³/mol. The van der Waals surface area contributed by atoms with E-state index in [4.69, 9.17) is 27.2 Å². The number of hydrogen-bond donors (Lipinski definition) is 2. The Morgan fingerprint density at radius 2 is 2.16 bits per heavy atom. The third-order valence-electron chi connectivity index (χ3n) is 3.36. The number of carboxylic acid groups (broad SMARTS) is 1. The quantitative estimate of drug-likeness (QED) is 0.871. The Morgan fingerprint density at radius 1 is 1.47 bits per heavy atom. The fourth-order valence-electron chi connectivity index (χ4n) is 2.29. The Bertz CT molecular complexity index is 458. The minimum atomic E-state index is -1.01. The molecule has 1 aromatic carbocycles. The standard InChI is InChI=1S/C14H18ClNO3/c15-11-7-9(8-12(16)14(17)18)5-6-13(11)19-10-3-1-2-4-10/h5-7,10,12H,1-4,8,16H2,(H,17,18). The molecular weight excluding hydrogens is 266 g/mol. The second-order valence-electron chi connectivity index (χ2n) is 4.94. The SMILES string of the molecule is NC(Cc1ccc(OC2CCCC2)c(Cl)c1)C(=O)O. The molecular formula is C14H18ClNO3. The molecule has 1 unspecified atom stereocenters. The number of carbonyl (C=O) groups is 1. The average molecular weight is 284 g/mol. The zero-order valence-electron chi connectivity index (χ0n) is 10.6. The van der Waals surface area contributed by atoms with Gasteiger partial charge in [-0.1, -0.05) is 17.7 Å². The van der Waals surface area contributed by atoms with Crippen molar-refractivity contribution < 1.29 is 14.6 Å². The van der Waals surface area contributed by atoms with Crippen LogP contribution in [0.25, 0.3) is 0 Å². The molecule has 1 aliphatic carbocycles. The van der Waals surface area contributed by atoms with Gasteiger partial charge >= 0.3 is 5.97 Å². The maximum absolute atomic E-state index is 10.7. The van der Waals surface area contributed by atoms with Crippen molar-refractivity contribution in [1.29, 1.82) is 0 Å². The average Bonchev–Trinajstić information content (AvgIpc) is 2.85. The van der Waals surface area contributed by atoms with E-state index < -0.39 is 12.0 Å². The van der Waals surface area contributed by atoms with Gasteiger partial charge in [-0.15, -0.1) is 0 Å². The summed E-state index contributed by atoms with van der Waals surface area (Å²) in [6.07, 6.45) is 5.06. The summed E-state index contributed by atoms with van der Waals surface area (Å²) in [5.41, 5.74) is 6.30. The predicted octanol–water partition coefficient (Wildman–Crippen LogP) is 2.62. The van der Waals surface area contributed by atoms with E-state index >= 15 is 0 Å². The van der Waals surface area contributed by atoms with Crippen LogP contribution in [0.15, 0.2) is 18.2 Å². The fraction of sp³-hybridized carbons (Fsp3) is 0.500. The number of benzene rings is 1. The van der Waals surface area contributed by atoms with Gasteiger partial charge in [0, 0.05) is 0 Å². The molecule has 4 nitrogen and oxygen atoms in total. The van der Waals surface area contributed by atoms with Crippen LogP contribution in [0.3, 0.4) is 0 Å². The third-order valence-corrected chi connectivity index (χ3v) is 3.66. The molecule has 0 bridgehead atoms. The lowest BCUT2D eigenvalue weighted by Crippen LogP contribution is -2.32. The molecule has 104 valence electrons. The van der Waals surface area contributed by atoms with Crippen LogP contribution in [-0.4, -0.2) is 23.2 Å². The molecule has 0 aliphatic heterocycles. The van der Waals surface area contributed by atoms with Crippen molar-refractivity contribution in [3.63, 3.8) is 0 Å². The van der Waals surface area contributed by atoms with Gasteiger partial charge in [0.2, 0.25) is 0 Å². The number of carboxylic acids is 1. The van der Waals surface area contributed by atoms with Crippen LogP contribution < -0.4 is 10.5 Å². The summed E-state index contributed by atoms with van der Waals surface area (Å²) in [5, 5.41) is 9.29. The van der Waals surface area contributed by atoms with Gasteiger partial charge in [-0.3, -0.25) is 4.79 Å². The van der Waals surface area contributed by atoms with Gasteiger partial charge in [-0.2, -0.15) is 0 Å². The van der Waals surface area contributed by atoms with E-state index in [1.54, 1.807) is 12.1 Å². The minimum Gasteiger partial charge on any atom is -0.489 e. The molecule has 2 rings (SSSR count). The molecule has 0 radical (unpaired) electrons. The van der Waals surface area contributed by atoms with Crippen LogP contribution >= 0.6 is 11.6 Å². The Morgan fingerprint density at radius 3 is 2.74 bits per heavy atom. The van der Waals surface area contributed by atoms with Crippen molar-refractivity contribution in [2.24, 2.45) is 5.73 Å². The highest BCUT2D eigenvalue weighted by Crippen LogP contribution is 2.30. The highest BCUT2D eigenvalue weighted by molar-refractivity contribution is 6.32. The summed E-state index contributed by atoms with van der Waals surface area (Å²) in [5.74, 6) is -0.344. The first kappa shape index (κ1) is 14.2. The molecule has 1 aromatic rings. The van der Waals surface area contributed by atoms with E-state index in [2.05, 4.69) is 0 Å². The minimum absolute atomic E-state index is 0.254. The van der Waals surface area contributed by atoms with E-state index in [9.17, 15) is 4.79 Å². The van der Waals surface area contributed by atoms with Crippen LogP contribution in [-0.2, 0) is 11.2 Å². The molecule has 0 amide bonds. The lowest BCUT2D eigenvalue weighted by Gasteiger charge is -2.15. The number of nitrogens with two attached hydrogens (primary N) is 1. The van der Waals surface area contributed by atoms with Gasteiger partial charge in [0.05, 0.1) is 11.1 Å². The number of rotatable bonds is 5. The van der Waals surface area contributed by atoms with Gasteiger partial charge in [0.15, 0.2) is 0 Å². The maximum atomic E-state index is 10.7. The molecule has 1 atom stereocenters. The second kappa shape index (κ2) is 6.26. The molecule has 0 spiro atoms. The molecule has 0 heterocycles. The smallest absolute Gasteiger partial charge is 0.320 e. The second-order valence-corrected chi connectivity index (χ2v) is 5.35. The van der Waals surface area contributed by atoms with Crippen LogP contribution in [0, 0.1) is 0 Å². The van der Waals surface area contributed by atoms with Crippen LogP contribution in [0.5, 0.6) is 5.75 Å². The highest BCUT2D eigenvalue weighted by atomic mass is 35.5. The van der Waals surface area contributed by atoms with E-state index in [1.807, 2.05) is 6.07 Å². The molecule has 3 N–H and O–H groups in total. The van der Waals surface area contributed by atoms with Crippen molar-refractivity contribution in [2.75, 3.05) is 0 Å². The number of ether oxygens (including phenoxy) is 1. The van der Waals surface area contributed by atoms with Crippen LogP contribution in [0.1, 0.15) is 31.2 Å². The van der Waals surface area contributed by atoms with Crippen LogP contribution in [0.4, 0.5) is 0 Å². The molecule has 0 aromatic heterocycles. The summed E-state index contributed by atoms with van der Waals surface area (Å²) < 4.78 is 5.83. The largest absolute Gasteiger partial charge is 0.489 e. The number of halogens is 1. The van der Waals surface area contributed by atoms with Crippen molar-refractivity contribution in [3.05, 3.63) is 28.8 Å². The van der Waals surface area contributed by atoms with Gasteiger partial charge in [0.25, 0.3) is 0 Å². The highest BCUT2D eigenvalue weighted by Gasteiger charge is 2.18. The van der Waals surface area contributed by atoms with Gasteiger partial charge < -0.3 is 15.6 Å². The molecule has 19 heavy (non-hydrogen) atoms. The van der Waals surface area contributed by atoms with Crippen molar-refractivity contribution in [3.8, 4) is 5.75 Å². The first-order chi connectivity index (χ1) is 9.06. The van der Waals surface area contributed by atoms with E-state index in [0.717, 1.165) is 18.4 Å². The molecule has 0 saturated heterocycles. The zero-order valence-corrected chi connectivity index (χ0v) is 11.4. The first-order valence-corrected chi connectivity index (χ1v) is 6.87. The monoisotopic (exact) mass is 283 g/mol. The van der Waals surface area contributed by atoms with Crippen molar-refractivity contribution >= 4 is 17.6 Å². The van der Waals surface area contributed by atoms with E-state index in [1.165, 1.54) is 12.8 Å². The molecule has 1 saturated carbocycles. The Labute approximate surface area is 117 Å². The Hall–Kier alpha value is -1.26. The van der Waals surface area contributed by atoms with E-state index in [-0.39, 0.29) is 12.5 Å². The van der Waals surface area contributed by atoms with Crippen molar-refractivity contribution in [1.82, 2.24) is 0 Å². The fourth-order valence-corrected chi connectivity index (χ4v) is 2.54. The summed E-state index contributed by atoms with van der Waals surface area (Å²) in [6.45, 7) is 0. The van der Waals surface area contributed by atoms with Crippen molar-refractivity contribution in [2.45, 2.75) is 44.2 Å². The van der Waals surface area contributed by atoms with E-state index in [0.29, 0.717) is 10.8 Å². The number of aliphatic carboxylic acids is 1. The molecule has 5 heteroatoms. The van der Waals surface area contributed by atoms with Gasteiger partial charge in [-0.05, 0) is 49.8 Å². The van der Waals surface area contributed by atoms with Crippen LogP contribution in [0.2, 0.25) is 5.02 Å². The molecule has 1 aliphatic rings. The van der Waals surface area contributed by atoms with Gasteiger partial charge in [0.1, 0.15) is 11.8 Å². The zero-order chi connectivity index (χ0) is 13.8. The third kappa shape index (κ3) is 3.85. The first-order valence-electron chi connectivity index (χ1n) is 6.49. The Kier molecular flexibility index (Phi) is 4.66. The summed E-state index contributed by atoms with van der Waals surface area (Å²) in [6, 6.07) is 4.44.